The van der Waals surface area contributed by atoms with Crippen molar-refractivity contribution >= 4 is 6.09 Å². The van der Waals surface area contributed by atoms with Crippen LogP contribution < -0.4 is 5.32 Å². The molecule has 0 saturated heterocycles. The molecule has 0 spiro atoms. The summed E-state index contributed by atoms with van der Waals surface area (Å²) < 4.78 is 4.55. The highest BCUT2D eigenvalue weighted by molar-refractivity contribution is 5.67. The van der Waals surface area contributed by atoms with Crippen molar-refractivity contribution in [1.29, 1.82) is 0 Å². The molecule has 88 valence electrons. The first-order chi connectivity index (χ1) is 7.54. The molecule has 0 unspecified atom stereocenters. The molecule has 16 heavy (non-hydrogen) atoms. The van der Waals surface area contributed by atoms with Gasteiger partial charge < -0.3 is 10.1 Å². The van der Waals surface area contributed by atoms with Crippen LogP contribution >= 0.6 is 0 Å². The van der Waals surface area contributed by atoms with Gasteiger partial charge in [0.05, 0.1) is 13.2 Å². The van der Waals surface area contributed by atoms with E-state index in [4.69, 9.17) is 0 Å². The zero-order valence-electron chi connectivity index (χ0n) is 10.3. The van der Waals surface area contributed by atoms with Gasteiger partial charge in [0.25, 0.3) is 0 Å². The zero-order valence-corrected chi connectivity index (χ0v) is 10.3. The van der Waals surface area contributed by atoms with E-state index < -0.39 is 6.09 Å². The van der Waals surface area contributed by atoms with E-state index in [0.717, 1.165) is 5.56 Å². The third kappa shape index (κ3) is 3.26. The molecule has 0 heterocycles. The monoisotopic (exact) mass is 221 g/mol. The zero-order chi connectivity index (χ0) is 12.1. The minimum atomic E-state index is -0.402. The van der Waals surface area contributed by atoms with Gasteiger partial charge in [0, 0.05) is 0 Å². The van der Waals surface area contributed by atoms with Crippen molar-refractivity contribution in [2.75, 3.05) is 7.11 Å². The lowest BCUT2D eigenvalue weighted by atomic mass is 10.00. The normalized spacial score (nSPS) is 12.3. The summed E-state index contributed by atoms with van der Waals surface area (Å²) in [6, 6.07) is 8.23. The molecular formula is C13H19NO2. The Balaban J connectivity index is 2.70. The van der Waals surface area contributed by atoms with Crippen molar-refractivity contribution in [3.05, 3.63) is 35.4 Å². The predicted molar refractivity (Wildman–Crippen MR) is 64.5 cm³/mol. The number of nitrogens with one attached hydrogen (secondary N) is 1. The summed E-state index contributed by atoms with van der Waals surface area (Å²) in [5.74, 6) is 0.526. The number of benzene rings is 1. The largest absolute Gasteiger partial charge is 0.453 e. The Bertz CT molecular complexity index is 343. The summed E-state index contributed by atoms with van der Waals surface area (Å²) in [4.78, 5) is 11.0. The summed E-state index contributed by atoms with van der Waals surface area (Å²) >= 11 is 0. The van der Waals surface area contributed by atoms with Gasteiger partial charge in [0.1, 0.15) is 0 Å². The molecule has 0 radical (unpaired) electrons. The van der Waals surface area contributed by atoms with E-state index in [1.54, 1.807) is 0 Å². The van der Waals surface area contributed by atoms with E-state index in [0.29, 0.717) is 5.92 Å². The van der Waals surface area contributed by atoms with Crippen LogP contribution in [0.3, 0.4) is 0 Å². The Morgan fingerprint density at radius 1 is 1.12 bits per heavy atom. The van der Waals surface area contributed by atoms with Crippen LogP contribution in [-0.2, 0) is 4.74 Å². The number of amides is 1. The number of hydrogen-bond acceptors (Lipinski definition) is 2. The van der Waals surface area contributed by atoms with Crippen LogP contribution in [0.1, 0.15) is 43.9 Å². The third-order valence-corrected chi connectivity index (χ3v) is 2.62. The van der Waals surface area contributed by atoms with Crippen LogP contribution in [0.15, 0.2) is 24.3 Å². The number of methoxy groups -OCH3 is 1. The molecule has 1 amide bonds. The molecule has 0 aliphatic carbocycles. The fraction of sp³-hybridized carbons (Fsp3) is 0.462. The maximum atomic E-state index is 11.0. The fourth-order valence-corrected chi connectivity index (χ4v) is 1.49. The van der Waals surface area contributed by atoms with E-state index in [1.165, 1.54) is 12.7 Å². The van der Waals surface area contributed by atoms with Crippen molar-refractivity contribution in [3.8, 4) is 0 Å². The number of hydrogen-bond donors (Lipinski definition) is 1. The molecule has 0 saturated carbocycles. The first kappa shape index (κ1) is 12.6. The Morgan fingerprint density at radius 3 is 2.06 bits per heavy atom. The average molecular weight is 221 g/mol. The molecule has 0 fully saturated rings. The number of alkyl carbamates (subject to hydrolysis) is 1. The standard InChI is InChI=1S/C13H19NO2/c1-9(2)11-5-7-12(8-6-11)10(3)14-13(15)16-4/h5-10H,1-4H3,(H,14,15)/t10-/m1/s1. The molecule has 0 bridgehead atoms. The molecule has 3 nitrogen and oxygen atoms in total. The Kier molecular flexibility index (Phi) is 4.35. The van der Waals surface area contributed by atoms with Crippen molar-refractivity contribution in [2.24, 2.45) is 0 Å². The van der Waals surface area contributed by atoms with Crippen molar-refractivity contribution in [1.82, 2.24) is 5.32 Å². The van der Waals surface area contributed by atoms with Crippen LogP contribution in [0.25, 0.3) is 0 Å². The molecule has 1 aromatic carbocycles. The lowest BCUT2D eigenvalue weighted by Gasteiger charge is -2.14. The van der Waals surface area contributed by atoms with Crippen LogP contribution in [0.5, 0.6) is 0 Å². The Morgan fingerprint density at radius 2 is 1.62 bits per heavy atom. The second-order valence-corrected chi connectivity index (χ2v) is 4.18. The Labute approximate surface area is 96.8 Å². The van der Waals surface area contributed by atoms with Crippen molar-refractivity contribution in [2.45, 2.75) is 32.7 Å². The highest BCUT2D eigenvalue weighted by atomic mass is 16.5. The molecule has 1 N–H and O–H groups in total. The van der Waals surface area contributed by atoms with Gasteiger partial charge in [0.2, 0.25) is 0 Å². The van der Waals surface area contributed by atoms with Gasteiger partial charge >= 0.3 is 6.09 Å². The lowest BCUT2D eigenvalue weighted by Crippen LogP contribution is -2.26. The SMILES string of the molecule is COC(=O)N[C@H](C)c1ccc(C(C)C)cc1. The van der Waals surface area contributed by atoms with Gasteiger partial charge in [-0.15, -0.1) is 0 Å². The minimum absolute atomic E-state index is 0.0336. The quantitative estimate of drug-likeness (QED) is 0.851. The van der Waals surface area contributed by atoms with Gasteiger partial charge in [-0.25, -0.2) is 4.79 Å². The van der Waals surface area contributed by atoms with Crippen LogP contribution in [0.4, 0.5) is 4.79 Å². The smallest absolute Gasteiger partial charge is 0.407 e. The second-order valence-electron chi connectivity index (χ2n) is 4.18. The maximum absolute atomic E-state index is 11.0. The topological polar surface area (TPSA) is 38.3 Å². The van der Waals surface area contributed by atoms with E-state index in [2.05, 4.69) is 36.0 Å². The van der Waals surface area contributed by atoms with E-state index in [1.807, 2.05) is 19.1 Å². The Hall–Kier alpha value is -1.51. The maximum Gasteiger partial charge on any atom is 0.407 e. The van der Waals surface area contributed by atoms with E-state index in [-0.39, 0.29) is 6.04 Å². The van der Waals surface area contributed by atoms with E-state index >= 15 is 0 Å². The third-order valence-electron chi connectivity index (χ3n) is 2.62. The van der Waals surface area contributed by atoms with Gasteiger partial charge in [-0.3, -0.25) is 0 Å². The molecule has 1 aromatic rings. The van der Waals surface area contributed by atoms with Crippen LogP contribution in [0, 0.1) is 0 Å². The van der Waals surface area contributed by atoms with Gasteiger partial charge in [-0.05, 0) is 24.0 Å². The number of carbonyl (C=O) groups excluding carboxylic acids is 1. The molecule has 0 aliphatic heterocycles. The minimum Gasteiger partial charge on any atom is -0.453 e. The summed E-state index contributed by atoms with van der Waals surface area (Å²) in [5.41, 5.74) is 2.38. The van der Waals surface area contributed by atoms with Crippen molar-refractivity contribution < 1.29 is 9.53 Å². The van der Waals surface area contributed by atoms with Gasteiger partial charge in [0.15, 0.2) is 0 Å². The first-order valence-electron chi connectivity index (χ1n) is 5.49. The highest BCUT2D eigenvalue weighted by Crippen LogP contribution is 2.18. The molecule has 0 aliphatic rings. The van der Waals surface area contributed by atoms with E-state index in [9.17, 15) is 4.79 Å². The van der Waals surface area contributed by atoms with Gasteiger partial charge in [-0.1, -0.05) is 38.1 Å². The fourth-order valence-electron chi connectivity index (χ4n) is 1.49. The lowest BCUT2D eigenvalue weighted by molar-refractivity contribution is 0.167. The number of rotatable bonds is 3. The number of ether oxygens (including phenoxy) is 1. The molecule has 0 aromatic heterocycles. The van der Waals surface area contributed by atoms with Crippen LogP contribution in [-0.4, -0.2) is 13.2 Å². The second kappa shape index (κ2) is 5.54. The van der Waals surface area contributed by atoms with Crippen molar-refractivity contribution in [3.63, 3.8) is 0 Å². The highest BCUT2D eigenvalue weighted by Gasteiger charge is 2.09. The molecule has 3 heteroatoms. The summed E-state index contributed by atoms with van der Waals surface area (Å²) in [6.45, 7) is 6.25. The first-order valence-corrected chi connectivity index (χ1v) is 5.49. The van der Waals surface area contributed by atoms with Crippen LogP contribution in [0.2, 0.25) is 0 Å². The average Bonchev–Trinajstić information content (AvgIpc) is 2.28. The predicted octanol–water partition coefficient (Wildman–Crippen LogP) is 3.23. The molecular weight excluding hydrogens is 202 g/mol. The summed E-state index contributed by atoms with van der Waals surface area (Å²) in [6.07, 6.45) is -0.402. The summed E-state index contributed by atoms with van der Waals surface area (Å²) in [7, 11) is 1.36. The molecule has 1 rings (SSSR count). The summed E-state index contributed by atoms with van der Waals surface area (Å²) in [5, 5.41) is 2.73. The van der Waals surface area contributed by atoms with Gasteiger partial charge in [-0.2, -0.15) is 0 Å². The molecule has 1 atom stereocenters. The number of carbonyl (C=O) groups is 1.